The molecule has 6 nitrogen and oxygen atoms in total. The molecular formula is C18H21ClN4O2. The lowest BCUT2D eigenvalue weighted by Crippen LogP contribution is -2.33. The van der Waals surface area contributed by atoms with Gasteiger partial charge in [0.15, 0.2) is 5.69 Å². The number of hydrogen-bond donors (Lipinski definition) is 0. The quantitative estimate of drug-likeness (QED) is 0.825. The number of carbonyl (C=O) groups excluding carboxylic acids is 1. The Bertz CT molecular complexity index is 751. The number of nitrogens with zero attached hydrogens (tertiary/aromatic N) is 4. The molecule has 0 spiro atoms. The summed E-state index contributed by atoms with van der Waals surface area (Å²) in [6.07, 6.45) is 4.40. The Balaban J connectivity index is 1.51. The van der Waals surface area contributed by atoms with E-state index in [1.54, 1.807) is 4.68 Å². The first-order valence-corrected chi connectivity index (χ1v) is 9.19. The predicted octanol–water partition coefficient (Wildman–Crippen LogP) is 3.22. The Morgan fingerprint density at radius 2 is 1.84 bits per heavy atom. The average Bonchev–Trinajstić information content (AvgIpc) is 2.86. The van der Waals surface area contributed by atoms with E-state index < -0.39 is 0 Å². The first-order chi connectivity index (χ1) is 12.2. The van der Waals surface area contributed by atoms with Crippen molar-refractivity contribution in [2.45, 2.75) is 44.9 Å². The third-order valence-electron chi connectivity index (χ3n) is 4.94. The number of hydrogen-bond acceptors (Lipinski definition) is 4. The van der Waals surface area contributed by atoms with Gasteiger partial charge in [0, 0.05) is 18.1 Å². The van der Waals surface area contributed by atoms with Crippen LogP contribution < -0.4 is 0 Å². The van der Waals surface area contributed by atoms with Gasteiger partial charge in [-0.1, -0.05) is 41.8 Å². The van der Waals surface area contributed by atoms with Gasteiger partial charge in [-0.15, -0.1) is 5.10 Å². The number of halogens is 1. The number of ether oxygens (including phenoxy) is 1. The summed E-state index contributed by atoms with van der Waals surface area (Å²) in [6.45, 7) is 2.51. The zero-order valence-corrected chi connectivity index (χ0v) is 14.8. The van der Waals surface area contributed by atoms with Crippen LogP contribution in [0.4, 0.5) is 0 Å². The van der Waals surface area contributed by atoms with Crippen LogP contribution in [0.2, 0.25) is 5.02 Å². The van der Waals surface area contributed by atoms with Crippen LogP contribution in [0.3, 0.4) is 0 Å². The molecule has 1 fully saturated rings. The molecule has 2 aromatic rings. The summed E-state index contributed by atoms with van der Waals surface area (Å²) in [6, 6.07) is 7.62. The molecule has 2 aliphatic heterocycles. The minimum absolute atomic E-state index is 0.0170. The van der Waals surface area contributed by atoms with E-state index in [2.05, 4.69) is 10.3 Å². The molecule has 1 amide bonds. The van der Waals surface area contributed by atoms with Crippen LogP contribution in [-0.2, 0) is 17.9 Å². The van der Waals surface area contributed by atoms with Gasteiger partial charge in [0.1, 0.15) is 6.10 Å². The molecular weight excluding hydrogens is 340 g/mol. The summed E-state index contributed by atoms with van der Waals surface area (Å²) in [4.78, 5) is 14.7. The van der Waals surface area contributed by atoms with Crippen molar-refractivity contribution in [3.8, 4) is 0 Å². The standard InChI is InChI=1S/C18H21ClN4O2/c19-14-7-5-13(6-8-14)16-11-23-15(12-25-16)17(20-21-23)18(24)22-9-3-1-2-4-10-22/h5-8,16H,1-4,9-12H2/t16-/m0/s1. The highest BCUT2D eigenvalue weighted by Gasteiger charge is 2.30. The molecule has 2 aliphatic rings. The molecule has 4 rings (SSSR count). The molecule has 1 saturated heterocycles. The molecule has 0 bridgehead atoms. The van der Waals surface area contributed by atoms with Crippen LogP contribution in [-0.4, -0.2) is 38.9 Å². The van der Waals surface area contributed by atoms with Gasteiger partial charge in [-0.2, -0.15) is 0 Å². The topological polar surface area (TPSA) is 60.3 Å². The molecule has 3 heterocycles. The number of aromatic nitrogens is 3. The van der Waals surface area contributed by atoms with Gasteiger partial charge in [-0.05, 0) is 30.5 Å². The van der Waals surface area contributed by atoms with Gasteiger partial charge in [0.2, 0.25) is 0 Å². The highest BCUT2D eigenvalue weighted by molar-refractivity contribution is 6.30. The van der Waals surface area contributed by atoms with Gasteiger partial charge < -0.3 is 9.64 Å². The van der Waals surface area contributed by atoms with E-state index in [1.807, 2.05) is 29.2 Å². The second kappa shape index (κ2) is 7.14. The third kappa shape index (κ3) is 3.41. The van der Waals surface area contributed by atoms with Crippen molar-refractivity contribution in [1.29, 1.82) is 0 Å². The van der Waals surface area contributed by atoms with E-state index >= 15 is 0 Å². The fourth-order valence-electron chi connectivity index (χ4n) is 3.48. The van der Waals surface area contributed by atoms with Crippen molar-refractivity contribution in [3.63, 3.8) is 0 Å². The second-order valence-electron chi connectivity index (χ2n) is 6.62. The summed E-state index contributed by atoms with van der Waals surface area (Å²) in [5.41, 5.74) is 2.27. The number of likely N-dealkylation sites (tertiary alicyclic amines) is 1. The first kappa shape index (κ1) is 16.5. The lowest BCUT2D eigenvalue weighted by molar-refractivity contribution is -0.00194. The van der Waals surface area contributed by atoms with E-state index in [9.17, 15) is 4.79 Å². The zero-order chi connectivity index (χ0) is 17.2. The van der Waals surface area contributed by atoms with Gasteiger partial charge in [0.05, 0.1) is 18.8 Å². The summed E-state index contributed by atoms with van der Waals surface area (Å²) >= 11 is 5.94. The Morgan fingerprint density at radius 1 is 1.12 bits per heavy atom. The van der Waals surface area contributed by atoms with Crippen LogP contribution in [0, 0.1) is 0 Å². The van der Waals surface area contributed by atoms with E-state index in [4.69, 9.17) is 16.3 Å². The maximum atomic E-state index is 12.8. The van der Waals surface area contributed by atoms with Gasteiger partial charge in [0.25, 0.3) is 5.91 Å². The number of benzene rings is 1. The number of fused-ring (bicyclic) bond motifs is 1. The lowest BCUT2D eigenvalue weighted by Gasteiger charge is -2.25. The Labute approximate surface area is 151 Å². The van der Waals surface area contributed by atoms with Crippen molar-refractivity contribution in [3.05, 3.63) is 46.2 Å². The average molecular weight is 361 g/mol. The highest BCUT2D eigenvalue weighted by Crippen LogP contribution is 2.28. The first-order valence-electron chi connectivity index (χ1n) is 8.81. The normalized spacial score (nSPS) is 20.8. The monoisotopic (exact) mass is 360 g/mol. The van der Waals surface area contributed by atoms with Gasteiger partial charge in [-0.3, -0.25) is 4.79 Å². The third-order valence-corrected chi connectivity index (χ3v) is 5.19. The van der Waals surface area contributed by atoms with Crippen molar-refractivity contribution in [1.82, 2.24) is 19.9 Å². The molecule has 0 unspecified atom stereocenters. The molecule has 0 aliphatic carbocycles. The summed E-state index contributed by atoms with van der Waals surface area (Å²) in [5.74, 6) is -0.0170. The highest BCUT2D eigenvalue weighted by atomic mass is 35.5. The zero-order valence-electron chi connectivity index (χ0n) is 14.0. The van der Waals surface area contributed by atoms with Gasteiger partial charge in [-0.25, -0.2) is 4.68 Å². The Hall–Kier alpha value is -1.92. The summed E-state index contributed by atoms with van der Waals surface area (Å²) in [5, 5.41) is 9.07. The summed E-state index contributed by atoms with van der Waals surface area (Å²) in [7, 11) is 0. The Kier molecular flexibility index (Phi) is 4.72. The second-order valence-corrected chi connectivity index (χ2v) is 7.06. The maximum absolute atomic E-state index is 12.8. The minimum atomic E-state index is -0.104. The van der Waals surface area contributed by atoms with Crippen LogP contribution in [0.25, 0.3) is 0 Å². The molecule has 132 valence electrons. The molecule has 0 saturated carbocycles. The fourth-order valence-corrected chi connectivity index (χ4v) is 3.61. The van der Waals surface area contributed by atoms with Crippen molar-refractivity contribution in [2.24, 2.45) is 0 Å². The minimum Gasteiger partial charge on any atom is -0.365 e. The molecule has 1 aromatic heterocycles. The molecule has 7 heteroatoms. The number of amides is 1. The van der Waals surface area contributed by atoms with Crippen LogP contribution >= 0.6 is 11.6 Å². The molecule has 1 aromatic carbocycles. The SMILES string of the molecule is O=C(c1nnn2c1CO[C@H](c1ccc(Cl)cc1)C2)N1CCCCCC1. The molecule has 1 atom stereocenters. The van der Waals surface area contributed by atoms with E-state index in [-0.39, 0.29) is 12.0 Å². The van der Waals surface area contributed by atoms with Crippen LogP contribution in [0.15, 0.2) is 24.3 Å². The summed E-state index contributed by atoms with van der Waals surface area (Å²) < 4.78 is 7.78. The molecule has 25 heavy (non-hydrogen) atoms. The van der Waals surface area contributed by atoms with E-state index in [0.29, 0.717) is 23.9 Å². The van der Waals surface area contributed by atoms with Crippen molar-refractivity contribution < 1.29 is 9.53 Å². The van der Waals surface area contributed by atoms with Crippen LogP contribution in [0.5, 0.6) is 0 Å². The molecule has 0 N–H and O–H groups in total. The number of rotatable bonds is 2. The smallest absolute Gasteiger partial charge is 0.276 e. The Morgan fingerprint density at radius 3 is 2.56 bits per heavy atom. The lowest BCUT2D eigenvalue weighted by atomic mass is 10.1. The number of carbonyl (C=O) groups is 1. The van der Waals surface area contributed by atoms with Crippen molar-refractivity contribution >= 4 is 17.5 Å². The predicted molar refractivity (Wildman–Crippen MR) is 93.4 cm³/mol. The largest absolute Gasteiger partial charge is 0.365 e. The fraction of sp³-hybridized carbons (Fsp3) is 0.500. The maximum Gasteiger partial charge on any atom is 0.276 e. The van der Waals surface area contributed by atoms with Gasteiger partial charge >= 0.3 is 0 Å². The molecule has 0 radical (unpaired) electrons. The van der Waals surface area contributed by atoms with Crippen molar-refractivity contribution in [2.75, 3.05) is 13.1 Å². The van der Waals surface area contributed by atoms with E-state index in [1.165, 1.54) is 12.8 Å². The van der Waals surface area contributed by atoms with E-state index in [0.717, 1.165) is 37.2 Å². The van der Waals surface area contributed by atoms with Crippen LogP contribution in [0.1, 0.15) is 53.5 Å².